The molecule has 5 nitrogen and oxygen atoms in total. The Labute approximate surface area is 163 Å². The maximum absolute atomic E-state index is 12.2. The number of carbonyl (C=O) groups is 1. The van der Waals surface area contributed by atoms with Crippen LogP contribution < -0.4 is 5.32 Å². The van der Waals surface area contributed by atoms with E-state index in [4.69, 9.17) is 4.42 Å². The second-order valence-corrected chi connectivity index (χ2v) is 6.85. The lowest BCUT2D eigenvalue weighted by Crippen LogP contribution is -2.13. The number of nitrogens with zero attached hydrogens (tertiary/aromatic N) is 2. The summed E-state index contributed by atoms with van der Waals surface area (Å²) in [5.74, 6) is 0.569. The van der Waals surface area contributed by atoms with E-state index in [2.05, 4.69) is 54.6 Å². The average molecular weight is 371 g/mol. The number of hydrogen-bond acceptors (Lipinski definition) is 3. The van der Waals surface area contributed by atoms with Gasteiger partial charge < -0.3 is 9.73 Å². The van der Waals surface area contributed by atoms with Gasteiger partial charge in [0, 0.05) is 18.7 Å². The Morgan fingerprint density at radius 3 is 2.32 bits per heavy atom. The number of hydrogen-bond donors (Lipinski definition) is 1. The summed E-state index contributed by atoms with van der Waals surface area (Å²) in [4.78, 5) is 12.2. The molecule has 0 atom stereocenters. The first kappa shape index (κ1) is 17.8. The highest BCUT2D eigenvalue weighted by molar-refractivity contribution is 6.02. The van der Waals surface area contributed by atoms with Gasteiger partial charge in [-0.2, -0.15) is 5.10 Å². The van der Waals surface area contributed by atoms with E-state index in [9.17, 15) is 4.79 Å². The van der Waals surface area contributed by atoms with Gasteiger partial charge in [-0.3, -0.25) is 9.48 Å². The average Bonchev–Trinajstić information content (AvgIpc) is 3.35. The molecule has 1 N–H and O–H groups in total. The van der Waals surface area contributed by atoms with E-state index >= 15 is 0 Å². The zero-order valence-electron chi connectivity index (χ0n) is 16.1. The molecule has 0 spiro atoms. The lowest BCUT2D eigenvalue weighted by Gasteiger charge is -2.06. The van der Waals surface area contributed by atoms with Crippen molar-refractivity contribution in [2.24, 2.45) is 7.05 Å². The van der Waals surface area contributed by atoms with Gasteiger partial charge in [0.05, 0.1) is 12.0 Å². The Morgan fingerprint density at radius 2 is 1.64 bits per heavy atom. The van der Waals surface area contributed by atoms with Crippen molar-refractivity contribution in [3.63, 3.8) is 0 Å². The Balaban J connectivity index is 1.56. The minimum Gasteiger partial charge on any atom is -0.459 e. The molecular weight excluding hydrogens is 350 g/mol. The normalized spacial score (nSPS) is 10.8. The maximum Gasteiger partial charge on any atom is 0.292 e. The number of nitrogens with one attached hydrogen (secondary N) is 1. The number of rotatable bonds is 4. The van der Waals surface area contributed by atoms with Gasteiger partial charge in [0.25, 0.3) is 5.91 Å². The van der Waals surface area contributed by atoms with Crippen molar-refractivity contribution in [2.75, 3.05) is 5.32 Å². The molecule has 0 saturated carbocycles. The Morgan fingerprint density at radius 1 is 0.929 bits per heavy atom. The van der Waals surface area contributed by atoms with Gasteiger partial charge in [-0.05, 0) is 48.2 Å². The van der Waals surface area contributed by atoms with Crippen LogP contribution in [0.4, 0.5) is 5.82 Å². The summed E-state index contributed by atoms with van der Waals surface area (Å²) in [5.41, 5.74) is 6.71. The largest absolute Gasteiger partial charge is 0.459 e. The predicted molar refractivity (Wildman–Crippen MR) is 110 cm³/mol. The first-order valence-corrected chi connectivity index (χ1v) is 9.08. The first-order chi connectivity index (χ1) is 13.5. The van der Waals surface area contributed by atoms with Crippen LogP contribution in [0.1, 0.15) is 21.7 Å². The van der Waals surface area contributed by atoms with Crippen LogP contribution in [0.2, 0.25) is 0 Å². The number of anilines is 1. The quantitative estimate of drug-likeness (QED) is 0.535. The molecule has 28 heavy (non-hydrogen) atoms. The molecule has 4 rings (SSSR count). The van der Waals surface area contributed by atoms with Crippen molar-refractivity contribution in [1.82, 2.24) is 9.78 Å². The highest BCUT2D eigenvalue weighted by atomic mass is 16.3. The van der Waals surface area contributed by atoms with E-state index in [0.29, 0.717) is 5.82 Å². The standard InChI is InChI=1S/C23H21N3O2/c1-15-6-7-19(13-16(15)2)17-8-10-18(11-9-17)20-14-22(26(3)25-20)24-23(27)21-5-4-12-28-21/h4-14H,1-3H3,(H,24,27). The monoisotopic (exact) mass is 371 g/mol. The van der Waals surface area contributed by atoms with E-state index in [1.54, 1.807) is 23.9 Å². The third kappa shape index (κ3) is 3.47. The second-order valence-electron chi connectivity index (χ2n) is 6.85. The van der Waals surface area contributed by atoms with Crippen molar-refractivity contribution in [2.45, 2.75) is 13.8 Å². The topological polar surface area (TPSA) is 60.1 Å². The molecule has 0 aliphatic heterocycles. The van der Waals surface area contributed by atoms with E-state index in [-0.39, 0.29) is 11.7 Å². The van der Waals surface area contributed by atoms with Gasteiger partial charge in [0.15, 0.2) is 5.76 Å². The van der Waals surface area contributed by atoms with Crippen molar-refractivity contribution >= 4 is 11.7 Å². The summed E-state index contributed by atoms with van der Waals surface area (Å²) >= 11 is 0. The third-order valence-electron chi connectivity index (χ3n) is 4.89. The summed E-state index contributed by atoms with van der Waals surface area (Å²) in [5, 5.41) is 7.33. The van der Waals surface area contributed by atoms with Crippen molar-refractivity contribution in [1.29, 1.82) is 0 Å². The number of aromatic nitrogens is 2. The Bertz CT molecular complexity index is 1120. The highest BCUT2D eigenvalue weighted by Gasteiger charge is 2.13. The minimum absolute atomic E-state index is 0.264. The molecule has 140 valence electrons. The minimum atomic E-state index is -0.301. The van der Waals surface area contributed by atoms with Crippen molar-refractivity contribution in [3.8, 4) is 22.4 Å². The van der Waals surface area contributed by atoms with Crippen LogP contribution in [0.25, 0.3) is 22.4 Å². The maximum atomic E-state index is 12.2. The van der Waals surface area contributed by atoms with Gasteiger partial charge >= 0.3 is 0 Å². The fourth-order valence-electron chi connectivity index (χ4n) is 3.07. The summed E-state index contributed by atoms with van der Waals surface area (Å²) < 4.78 is 6.77. The van der Waals surface area contributed by atoms with Crippen LogP contribution in [0, 0.1) is 13.8 Å². The van der Waals surface area contributed by atoms with E-state index < -0.39 is 0 Å². The third-order valence-corrected chi connectivity index (χ3v) is 4.89. The van der Waals surface area contributed by atoms with Gasteiger partial charge in [-0.25, -0.2) is 0 Å². The molecule has 0 aliphatic rings. The smallest absolute Gasteiger partial charge is 0.292 e. The Hall–Kier alpha value is -3.60. The molecular formula is C23H21N3O2. The van der Waals surface area contributed by atoms with Crippen molar-refractivity contribution < 1.29 is 9.21 Å². The van der Waals surface area contributed by atoms with Crippen LogP contribution in [0.15, 0.2) is 71.3 Å². The van der Waals surface area contributed by atoms with Crippen LogP contribution in [-0.4, -0.2) is 15.7 Å². The van der Waals surface area contributed by atoms with Crippen LogP contribution >= 0.6 is 0 Å². The number of amides is 1. The summed E-state index contributed by atoms with van der Waals surface area (Å²) in [6.45, 7) is 4.24. The van der Waals surface area contributed by atoms with E-state index in [0.717, 1.165) is 16.8 Å². The van der Waals surface area contributed by atoms with Gasteiger partial charge in [0.2, 0.25) is 0 Å². The SMILES string of the molecule is Cc1ccc(-c2ccc(-c3cc(NC(=O)c4ccco4)n(C)n3)cc2)cc1C. The highest BCUT2D eigenvalue weighted by Crippen LogP contribution is 2.27. The zero-order chi connectivity index (χ0) is 19.7. The number of carbonyl (C=O) groups excluding carboxylic acids is 1. The lowest BCUT2D eigenvalue weighted by molar-refractivity contribution is 0.0995. The molecule has 0 aliphatic carbocycles. The molecule has 5 heteroatoms. The van der Waals surface area contributed by atoms with Gasteiger partial charge in [0.1, 0.15) is 5.82 Å². The lowest BCUT2D eigenvalue weighted by atomic mass is 9.99. The predicted octanol–water partition coefficient (Wildman–Crippen LogP) is 5.22. The summed E-state index contributed by atoms with van der Waals surface area (Å²) in [6.07, 6.45) is 1.47. The molecule has 0 fully saturated rings. The van der Waals surface area contributed by atoms with Crippen LogP contribution in [0.5, 0.6) is 0 Å². The first-order valence-electron chi connectivity index (χ1n) is 9.08. The van der Waals surface area contributed by atoms with E-state index in [1.807, 2.05) is 18.2 Å². The summed E-state index contributed by atoms with van der Waals surface area (Å²) in [6, 6.07) is 19.9. The number of aryl methyl sites for hydroxylation is 3. The van der Waals surface area contributed by atoms with Gasteiger partial charge in [-0.15, -0.1) is 0 Å². The van der Waals surface area contributed by atoms with Crippen LogP contribution in [0.3, 0.4) is 0 Å². The molecule has 0 radical (unpaired) electrons. The fraction of sp³-hybridized carbons (Fsp3) is 0.130. The summed E-state index contributed by atoms with van der Waals surface area (Å²) in [7, 11) is 1.80. The Kier molecular flexibility index (Phi) is 4.57. The molecule has 2 heterocycles. The molecule has 0 unspecified atom stereocenters. The number of benzene rings is 2. The van der Waals surface area contributed by atoms with Crippen LogP contribution in [-0.2, 0) is 7.05 Å². The fourth-order valence-corrected chi connectivity index (χ4v) is 3.07. The molecule has 0 bridgehead atoms. The van der Waals surface area contributed by atoms with Crippen molar-refractivity contribution in [3.05, 3.63) is 83.8 Å². The molecule has 0 saturated heterocycles. The molecule has 2 aromatic carbocycles. The van der Waals surface area contributed by atoms with E-state index in [1.165, 1.54) is 23.0 Å². The zero-order valence-corrected chi connectivity index (χ0v) is 16.1. The second kappa shape index (κ2) is 7.19. The number of furan rings is 1. The molecule has 1 amide bonds. The van der Waals surface area contributed by atoms with Gasteiger partial charge in [-0.1, -0.05) is 42.5 Å². The molecule has 4 aromatic rings. The molecule has 2 aromatic heterocycles.